The molecular weight excluding hydrogens is 306 g/mol. The van der Waals surface area contributed by atoms with E-state index in [1.165, 1.54) is 0 Å². The van der Waals surface area contributed by atoms with Crippen LogP contribution in [0.15, 0.2) is 34.7 Å². The van der Waals surface area contributed by atoms with Crippen molar-refractivity contribution in [3.63, 3.8) is 0 Å². The number of carbonyl (C=O) groups excluding carboxylic acids is 2. The number of amides is 2. The summed E-state index contributed by atoms with van der Waals surface area (Å²) in [5.74, 6) is 0.504. The Morgan fingerprint density at radius 1 is 1.33 bits per heavy atom. The Morgan fingerprint density at radius 2 is 2.12 bits per heavy atom. The lowest BCUT2D eigenvalue weighted by Gasteiger charge is -2.35. The van der Waals surface area contributed by atoms with Crippen molar-refractivity contribution in [3.05, 3.63) is 41.8 Å². The molecule has 3 heterocycles. The summed E-state index contributed by atoms with van der Waals surface area (Å²) in [6.45, 7) is 2.95. The van der Waals surface area contributed by atoms with Crippen LogP contribution in [0.25, 0.3) is 11.5 Å². The summed E-state index contributed by atoms with van der Waals surface area (Å²) >= 11 is 0. The van der Waals surface area contributed by atoms with Crippen LogP contribution in [-0.2, 0) is 4.79 Å². The molecule has 2 aromatic rings. The van der Waals surface area contributed by atoms with Gasteiger partial charge in [-0.3, -0.25) is 9.59 Å². The molecule has 1 N–H and O–H groups in total. The van der Waals surface area contributed by atoms with Gasteiger partial charge in [-0.15, -0.1) is 0 Å². The molecule has 1 aromatic carbocycles. The number of benzene rings is 1. The van der Waals surface area contributed by atoms with E-state index < -0.39 is 0 Å². The number of rotatable bonds is 2. The molecule has 0 radical (unpaired) electrons. The number of fused-ring (bicyclic) bond motifs is 1. The second-order valence-electron chi connectivity index (χ2n) is 6.36. The molecule has 24 heavy (non-hydrogen) atoms. The maximum absolute atomic E-state index is 13.0. The third-order valence-electron chi connectivity index (χ3n) is 4.87. The van der Waals surface area contributed by atoms with Crippen LogP contribution in [0.2, 0.25) is 0 Å². The van der Waals surface area contributed by atoms with Crippen molar-refractivity contribution in [1.29, 1.82) is 0 Å². The maximum atomic E-state index is 13.0. The molecule has 2 fully saturated rings. The first kappa shape index (κ1) is 14.9. The lowest BCUT2D eigenvalue weighted by Crippen LogP contribution is -2.48. The molecular formula is C18H19N3O3. The van der Waals surface area contributed by atoms with E-state index in [4.69, 9.17) is 4.42 Å². The minimum atomic E-state index is -0.173. The average molecular weight is 325 g/mol. The minimum absolute atomic E-state index is 0.0526. The van der Waals surface area contributed by atoms with Crippen molar-refractivity contribution in [2.75, 3.05) is 13.1 Å². The Labute approximate surface area is 139 Å². The van der Waals surface area contributed by atoms with E-state index >= 15 is 0 Å². The number of carbonyl (C=O) groups is 2. The Kier molecular flexibility index (Phi) is 3.59. The number of nitrogens with zero attached hydrogens (tertiary/aromatic N) is 2. The van der Waals surface area contributed by atoms with Gasteiger partial charge in [0.15, 0.2) is 0 Å². The summed E-state index contributed by atoms with van der Waals surface area (Å²) < 4.78 is 5.78. The second kappa shape index (κ2) is 5.78. The number of oxazole rings is 1. The zero-order chi connectivity index (χ0) is 16.7. The minimum Gasteiger partial charge on any atom is -0.431 e. The molecule has 2 amide bonds. The largest absolute Gasteiger partial charge is 0.431 e. The molecule has 0 unspecified atom stereocenters. The Morgan fingerprint density at radius 3 is 2.92 bits per heavy atom. The topological polar surface area (TPSA) is 75.4 Å². The van der Waals surface area contributed by atoms with E-state index in [1.54, 1.807) is 11.8 Å². The summed E-state index contributed by atoms with van der Waals surface area (Å²) in [7, 11) is 0. The van der Waals surface area contributed by atoms with Gasteiger partial charge in [-0.05, 0) is 31.9 Å². The molecule has 2 aliphatic rings. The molecule has 1 aromatic heterocycles. The predicted molar refractivity (Wildman–Crippen MR) is 87.2 cm³/mol. The smallest absolute Gasteiger partial charge is 0.291 e. The van der Waals surface area contributed by atoms with Gasteiger partial charge in [0.25, 0.3) is 5.91 Å². The molecule has 6 heteroatoms. The van der Waals surface area contributed by atoms with Crippen LogP contribution in [0.1, 0.15) is 29.1 Å². The van der Waals surface area contributed by atoms with Crippen molar-refractivity contribution in [2.45, 2.75) is 25.8 Å². The Bertz CT molecular complexity index is 784. The van der Waals surface area contributed by atoms with Gasteiger partial charge in [-0.2, -0.15) is 0 Å². The number of hydrogen-bond donors (Lipinski definition) is 1. The van der Waals surface area contributed by atoms with E-state index in [2.05, 4.69) is 10.3 Å². The van der Waals surface area contributed by atoms with Crippen molar-refractivity contribution in [1.82, 2.24) is 15.2 Å². The number of piperidine rings is 1. The van der Waals surface area contributed by atoms with E-state index in [0.717, 1.165) is 18.4 Å². The van der Waals surface area contributed by atoms with Gasteiger partial charge in [0, 0.05) is 18.7 Å². The first-order chi connectivity index (χ1) is 11.6. The summed E-state index contributed by atoms with van der Waals surface area (Å²) in [4.78, 5) is 31.0. The van der Waals surface area contributed by atoms with Crippen LogP contribution in [0.3, 0.4) is 0 Å². The van der Waals surface area contributed by atoms with E-state index in [1.807, 2.05) is 30.3 Å². The van der Waals surface area contributed by atoms with E-state index in [9.17, 15) is 9.59 Å². The molecule has 4 rings (SSSR count). The molecule has 0 saturated carbocycles. The molecule has 6 nitrogen and oxygen atoms in total. The average Bonchev–Trinajstić information content (AvgIpc) is 3.18. The highest BCUT2D eigenvalue weighted by Gasteiger charge is 2.43. The maximum Gasteiger partial charge on any atom is 0.291 e. The van der Waals surface area contributed by atoms with Crippen molar-refractivity contribution in [3.8, 4) is 11.5 Å². The van der Waals surface area contributed by atoms with Crippen LogP contribution in [0.4, 0.5) is 0 Å². The predicted octanol–water partition coefficient (Wildman–Crippen LogP) is 2.00. The molecule has 2 atom stereocenters. The molecule has 2 aliphatic heterocycles. The zero-order valence-corrected chi connectivity index (χ0v) is 13.5. The van der Waals surface area contributed by atoms with E-state index in [0.29, 0.717) is 24.7 Å². The van der Waals surface area contributed by atoms with Crippen LogP contribution in [0, 0.1) is 12.8 Å². The van der Waals surface area contributed by atoms with Gasteiger partial charge >= 0.3 is 0 Å². The van der Waals surface area contributed by atoms with Crippen LogP contribution in [0.5, 0.6) is 0 Å². The fraction of sp³-hybridized carbons (Fsp3) is 0.389. The number of hydrogen-bond acceptors (Lipinski definition) is 4. The zero-order valence-electron chi connectivity index (χ0n) is 13.5. The highest BCUT2D eigenvalue weighted by Crippen LogP contribution is 2.30. The van der Waals surface area contributed by atoms with Crippen LogP contribution < -0.4 is 5.32 Å². The quantitative estimate of drug-likeness (QED) is 0.916. The number of nitrogens with one attached hydrogen (secondary N) is 1. The van der Waals surface area contributed by atoms with Gasteiger partial charge in [-0.25, -0.2) is 4.98 Å². The monoisotopic (exact) mass is 325 g/mol. The lowest BCUT2D eigenvalue weighted by molar-refractivity contribution is -0.123. The van der Waals surface area contributed by atoms with Gasteiger partial charge in [0.2, 0.25) is 17.6 Å². The fourth-order valence-electron chi connectivity index (χ4n) is 3.63. The molecule has 124 valence electrons. The lowest BCUT2D eigenvalue weighted by atomic mass is 9.91. The SMILES string of the molecule is Cc1nc(-c2ccccc2)oc1C(=O)N1CCC[C@@H]2C(=O)NC[C@H]21. The number of aryl methyl sites for hydroxylation is 1. The summed E-state index contributed by atoms with van der Waals surface area (Å²) in [6, 6.07) is 9.45. The second-order valence-corrected chi connectivity index (χ2v) is 6.36. The highest BCUT2D eigenvalue weighted by molar-refractivity contribution is 5.94. The van der Waals surface area contributed by atoms with Crippen LogP contribution >= 0.6 is 0 Å². The molecule has 2 saturated heterocycles. The van der Waals surface area contributed by atoms with E-state index in [-0.39, 0.29) is 29.5 Å². The first-order valence-corrected chi connectivity index (χ1v) is 8.26. The third-order valence-corrected chi connectivity index (χ3v) is 4.87. The van der Waals surface area contributed by atoms with Crippen molar-refractivity contribution >= 4 is 11.8 Å². The summed E-state index contributed by atoms with van der Waals surface area (Å²) in [5.41, 5.74) is 1.42. The van der Waals surface area contributed by atoms with Gasteiger partial charge in [-0.1, -0.05) is 18.2 Å². The summed E-state index contributed by atoms with van der Waals surface area (Å²) in [6.07, 6.45) is 1.67. The summed E-state index contributed by atoms with van der Waals surface area (Å²) in [5, 5.41) is 2.86. The van der Waals surface area contributed by atoms with Crippen LogP contribution in [-0.4, -0.2) is 40.8 Å². The fourth-order valence-corrected chi connectivity index (χ4v) is 3.63. The van der Waals surface area contributed by atoms with Gasteiger partial charge < -0.3 is 14.6 Å². The molecule has 0 bridgehead atoms. The van der Waals surface area contributed by atoms with Gasteiger partial charge in [0.1, 0.15) is 0 Å². The number of aromatic nitrogens is 1. The standard InChI is InChI=1S/C18H19N3O3/c1-11-15(24-17(20-11)12-6-3-2-4-7-12)18(23)21-9-5-8-13-14(21)10-19-16(13)22/h2-4,6-7,13-14H,5,8-10H2,1H3,(H,19,22)/t13-,14+/m0/s1. The first-order valence-electron chi connectivity index (χ1n) is 8.26. The Hall–Kier alpha value is -2.63. The van der Waals surface area contributed by atoms with Crippen molar-refractivity contribution in [2.24, 2.45) is 5.92 Å². The third kappa shape index (κ3) is 2.38. The van der Waals surface area contributed by atoms with Crippen molar-refractivity contribution < 1.29 is 14.0 Å². The molecule has 0 spiro atoms. The highest BCUT2D eigenvalue weighted by atomic mass is 16.4. The normalized spacial score (nSPS) is 23.0. The Balaban J connectivity index is 1.63. The van der Waals surface area contributed by atoms with Gasteiger partial charge in [0.05, 0.1) is 17.7 Å². The molecule has 0 aliphatic carbocycles. The number of likely N-dealkylation sites (tertiary alicyclic amines) is 1.